The van der Waals surface area contributed by atoms with Crippen molar-refractivity contribution in [2.45, 2.75) is 67.7 Å². The Bertz CT molecular complexity index is 1990. The number of anilines is 1. The fraction of sp³-hybridized carbons (Fsp3) is 0.471. The summed E-state index contributed by atoms with van der Waals surface area (Å²) >= 11 is 0. The molecule has 5 heterocycles. The van der Waals surface area contributed by atoms with Crippen LogP contribution >= 0.6 is 0 Å². The second-order valence-corrected chi connectivity index (χ2v) is 15.8. The number of hydrogen-bond donors (Lipinski definition) is 1. The number of benzene rings is 3. The Morgan fingerprint density at radius 1 is 1.04 bits per heavy atom. The first kappa shape index (κ1) is 29.7. The molecule has 0 amide bonds. The van der Waals surface area contributed by atoms with Gasteiger partial charge in [0.25, 0.3) is 0 Å². The minimum atomic E-state index is -3.24. The molecule has 4 aromatic rings. The molecule has 0 saturated carbocycles. The van der Waals surface area contributed by atoms with E-state index in [2.05, 4.69) is 9.88 Å². The summed E-state index contributed by atoms with van der Waals surface area (Å²) in [7, 11) is -3.24. The van der Waals surface area contributed by atoms with Crippen molar-refractivity contribution >= 4 is 37.3 Å². The maximum atomic E-state index is 16.9. The van der Waals surface area contributed by atoms with E-state index in [1.54, 1.807) is 18.2 Å². The highest BCUT2D eigenvalue weighted by Gasteiger charge is 2.50. The Balaban J connectivity index is 1.28. The highest BCUT2D eigenvalue weighted by Crippen LogP contribution is 2.43. The van der Waals surface area contributed by atoms with Gasteiger partial charge in [-0.2, -0.15) is 9.97 Å². The first-order valence-electron chi connectivity index (χ1n) is 16.0. The van der Waals surface area contributed by atoms with Crippen molar-refractivity contribution in [1.29, 1.82) is 0 Å². The van der Waals surface area contributed by atoms with Crippen molar-refractivity contribution in [3.63, 3.8) is 0 Å². The molecule has 1 aromatic heterocycles. The summed E-state index contributed by atoms with van der Waals surface area (Å²) in [6, 6.07) is 9.07. The second kappa shape index (κ2) is 10.7. The van der Waals surface area contributed by atoms with E-state index in [-0.39, 0.29) is 42.5 Å². The van der Waals surface area contributed by atoms with Crippen LogP contribution < -0.4 is 9.64 Å². The van der Waals surface area contributed by atoms with Crippen molar-refractivity contribution in [2.24, 2.45) is 0 Å². The molecule has 242 valence electrons. The third kappa shape index (κ3) is 4.54. The molecule has 1 N–H and O–H groups in total. The number of fused-ring (bicyclic) bond motifs is 5. The van der Waals surface area contributed by atoms with E-state index >= 15 is 4.39 Å². The van der Waals surface area contributed by atoms with Crippen LogP contribution in [0.25, 0.3) is 32.8 Å². The van der Waals surface area contributed by atoms with Crippen LogP contribution in [0.15, 0.2) is 36.4 Å². The predicted molar refractivity (Wildman–Crippen MR) is 170 cm³/mol. The number of sulfone groups is 1. The van der Waals surface area contributed by atoms with E-state index in [9.17, 15) is 22.3 Å². The van der Waals surface area contributed by atoms with E-state index in [0.29, 0.717) is 65.3 Å². The zero-order valence-electron chi connectivity index (χ0n) is 25.5. The molecule has 0 spiro atoms. The molecule has 8 nitrogen and oxygen atoms in total. The minimum absolute atomic E-state index is 0.0280. The van der Waals surface area contributed by atoms with Crippen LogP contribution in [0.4, 0.5) is 19.0 Å². The minimum Gasteiger partial charge on any atom is -0.508 e. The number of hydrogen-bond acceptors (Lipinski definition) is 8. The van der Waals surface area contributed by atoms with Gasteiger partial charge in [-0.3, -0.25) is 4.90 Å². The van der Waals surface area contributed by atoms with Gasteiger partial charge in [0.1, 0.15) is 35.7 Å². The highest BCUT2D eigenvalue weighted by molar-refractivity contribution is 7.93. The molecule has 4 saturated heterocycles. The average Bonchev–Trinajstić information content (AvgIpc) is 3.56. The van der Waals surface area contributed by atoms with Gasteiger partial charge in [-0.1, -0.05) is 19.1 Å². The molecule has 4 fully saturated rings. The number of rotatable bonds is 6. The number of aromatic nitrogens is 2. The Morgan fingerprint density at radius 3 is 2.59 bits per heavy atom. The summed E-state index contributed by atoms with van der Waals surface area (Å²) in [5.74, 6) is -0.812. The molecule has 4 aliphatic heterocycles. The van der Waals surface area contributed by atoms with Crippen molar-refractivity contribution in [3.05, 3.63) is 53.6 Å². The molecule has 0 aliphatic carbocycles. The quantitative estimate of drug-likeness (QED) is 0.283. The van der Waals surface area contributed by atoms with Crippen LogP contribution in [-0.2, 0) is 16.3 Å². The first-order chi connectivity index (χ1) is 22.1. The second-order valence-electron chi connectivity index (χ2n) is 13.3. The van der Waals surface area contributed by atoms with Gasteiger partial charge in [0, 0.05) is 37.0 Å². The molecule has 0 unspecified atom stereocenters. The van der Waals surface area contributed by atoms with Crippen molar-refractivity contribution in [2.75, 3.05) is 37.7 Å². The topological polar surface area (TPSA) is 95.9 Å². The van der Waals surface area contributed by atoms with E-state index in [4.69, 9.17) is 9.72 Å². The van der Waals surface area contributed by atoms with E-state index in [1.807, 2.05) is 11.8 Å². The molecule has 4 atom stereocenters. The number of halogens is 3. The Kier molecular flexibility index (Phi) is 6.92. The Labute approximate surface area is 265 Å². The summed E-state index contributed by atoms with van der Waals surface area (Å²) in [5.41, 5.74) is 0.364. The molecule has 0 radical (unpaired) electrons. The van der Waals surface area contributed by atoms with Gasteiger partial charge in [-0.05, 0) is 84.8 Å². The molecule has 2 bridgehead atoms. The van der Waals surface area contributed by atoms with Crippen molar-refractivity contribution in [1.82, 2.24) is 14.9 Å². The summed E-state index contributed by atoms with van der Waals surface area (Å²) in [5, 5.41) is 11.0. The number of alkyl halides is 1. The molecule has 46 heavy (non-hydrogen) atoms. The molecular formula is C34H35F3N4O4S. The summed E-state index contributed by atoms with van der Waals surface area (Å²) in [6.45, 7) is 3.57. The summed E-state index contributed by atoms with van der Waals surface area (Å²) in [4.78, 5) is 13.3. The van der Waals surface area contributed by atoms with Crippen LogP contribution in [-0.4, -0.2) is 83.4 Å². The van der Waals surface area contributed by atoms with E-state index in [1.165, 1.54) is 18.2 Å². The third-order valence-corrected chi connectivity index (χ3v) is 13.3. The van der Waals surface area contributed by atoms with Gasteiger partial charge in [-0.25, -0.2) is 21.6 Å². The van der Waals surface area contributed by atoms with Gasteiger partial charge in [-0.15, -0.1) is 0 Å². The number of phenolic OH excluding ortho intramolecular Hbond substituents is 1. The molecular weight excluding hydrogens is 617 g/mol. The maximum Gasteiger partial charge on any atom is 0.319 e. The van der Waals surface area contributed by atoms with Gasteiger partial charge in [0.15, 0.2) is 15.7 Å². The standard InChI is InChI=1S/C34H35F3N4O4S/c1-2-24-28(36)9-4-19-12-21(42)13-27(29(19)24)25-7-8-26-31(30(25)37)38-33(45-18-34-10-3-11-41(34)15-20(35)14-34)39-32(26)40-16-22-5-6-23(17-40)46(22,43)44/h4,7-9,12-13,20,22-23,42H,2-3,5-6,10-11,14-18H2,1H3/t20-,22-,23+,34+/m1/s1. The zero-order valence-corrected chi connectivity index (χ0v) is 26.3. The summed E-state index contributed by atoms with van der Waals surface area (Å²) < 4.78 is 78.3. The van der Waals surface area contributed by atoms with Gasteiger partial charge >= 0.3 is 6.01 Å². The van der Waals surface area contributed by atoms with Crippen molar-refractivity contribution in [3.8, 4) is 22.9 Å². The lowest BCUT2D eigenvalue weighted by atomic mass is 9.92. The maximum absolute atomic E-state index is 16.9. The highest BCUT2D eigenvalue weighted by atomic mass is 32.2. The van der Waals surface area contributed by atoms with Gasteiger partial charge < -0.3 is 14.7 Å². The van der Waals surface area contributed by atoms with Crippen LogP contribution in [0, 0.1) is 11.6 Å². The Hall–Kier alpha value is -3.64. The number of nitrogens with zero attached hydrogens (tertiary/aromatic N) is 4. The number of phenols is 1. The van der Waals surface area contributed by atoms with Crippen LogP contribution in [0.3, 0.4) is 0 Å². The normalized spacial score (nSPS) is 27.1. The smallest absolute Gasteiger partial charge is 0.319 e. The third-order valence-electron chi connectivity index (χ3n) is 10.7. The number of aryl methyl sites for hydroxylation is 1. The van der Waals surface area contributed by atoms with Crippen LogP contribution in [0.2, 0.25) is 0 Å². The van der Waals surface area contributed by atoms with E-state index < -0.39 is 43.7 Å². The fourth-order valence-corrected chi connectivity index (χ4v) is 10.7. The largest absolute Gasteiger partial charge is 0.508 e. The lowest BCUT2D eigenvalue weighted by Gasteiger charge is -2.34. The van der Waals surface area contributed by atoms with Crippen LogP contribution in [0.5, 0.6) is 11.8 Å². The molecule has 4 aliphatic rings. The first-order valence-corrected chi connectivity index (χ1v) is 17.6. The zero-order chi connectivity index (χ0) is 32.0. The monoisotopic (exact) mass is 652 g/mol. The number of aromatic hydroxyl groups is 1. The number of ether oxygens (including phenoxy) is 1. The lowest BCUT2D eigenvalue weighted by molar-refractivity contribution is 0.107. The average molecular weight is 653 g/mol. The SMILES string of the molecule is CCc1c(F)ccc2cc(O)cc(-c3ccc4c(N5C[C@H]6CC[C@@H](C5)S6(=O)=O)nc(OC[C@@]56CCCN5C[C@H](F)C6)nc4c3F)c12. The predicted octanol–water partition coefficient (Wildman–Crippen LogP) is 5.72. The molecule has 8 rings (SSSR count). The Morgan fingerprint density at radius 2 is 1.83 bits per heavy atom. The summed E-state index contributed by atoms with van der Waals surface area (Å²) in [6.07, 6.45) is 2.61. The fourth-order valence-electron chi connectivity index (χ4n) is 8.45. The molecule has 3 aromatic carbocycles. The molecule has 12 heteroatoms. The van der Waals surface area contributed by atoms with Gasteiger partial charge in [0.2, 0.25) is 0 Å². The van der Waals surface area contributed by atoms with E-state index in [0.717, 1.165) is 19.4 Å². The lowest BCUT2D eigenvalue weighted by Crippen LogP contribution is -2.47. The van der Waals surface area contributed by atoms with Crippen LogP contribution in [0.1, 0.15) is 44.6 Å². The van der Waals surface area contributed by atoms with Gasteiger partial charge in [0.05, 0.1) is 16.0 Å². The van der Waals surface area contributed by atoms with Crippen molar-refractivity contribution < 1.29 is 31.4 Å².